The number of amides is 1. The lowest BCUT2D eigenvalue weighted by molar-refractivity contribution is -0.120. The normalized spacial score (nSPS) is 17.5. The maximum absolute atomic E-state index is 12.8. The molecule has 1 fully saturated rings. The highest BCUT2D eigenvalue weighted by Gasteiger charge is 2.32. The van der Waals surface area contributed by atoms with E-state index in [0.29, 0.717) is 42.3 Å². The van der Waals surface area contributed by atoms with E-state index < -0.39 is 10.0 Å². The predicted molar refractivity (Wildman–Crippen MR) is 119 cm³/mol. The third-order valence-electron chi connectivity index (χ3n) is 5.28. The molecule has 0 aromatic heterocycles. The molecule has 1 saturated heterocycles. The summed E-state index contributed by atoms with van der Waals surface area (Å²) in [7, 11) is -1.87. The lowest BCUT2D eigenvalue weighted by Crippen LogP contribution is -2.44. The van der Waals surface area contributed by atoms with Crippen molar-refractivity contribution in [3.63, 3.8) is 0 Å². The van der Waals surface area contributed by atoms with Crippen LogP contribution in [0.5, 0.6) is 5.75 Å². The minimum absolute atomic E-state index is 0.0876. The van der Waals surface area contributed by atoms with Gasteiger partial charge >= 0.3 is 0 Å². The van der Waals surface area contributed by atoms with E-state index in [-0.39, 0.29) is 24.1 Å². The molecule has 1 atom stereocenters. The van der Waals surface area contributed by atoms with Crippen molar-refractivity contribution in [2.75, 3.05) is 31.3 Å². The average molecular weight is 451 g/mol. The monoisotopic (exact) mass is 450 g/mol. The van der Waals surface area contributed by atoms with Crippen LogP contribution in [0.3, 0.4) is 0 Å². The zero-order valence-corrected chi connectivity index (χ0v) is 18.6. The number of carbonyl (C=O) groups is 1. The minimum atomic E-state index is -3.39. The molecule has 1 aliphatic rings. The Bertz CT molecular complexity index is 966. The molecule has 0 radical (unpaired) electrons. The van der Waals surface area contributed by atoms with E-state index in [2.05, 4.69) is 5.32 Å². The summed E-state index contributed by atoms with van der Waals surface area (Å²) in [5.74, 6) is 0.0358. The molecule has 1 aliphatic heterocycles. The first kappa shape index (κ1) is 22.6. The van der Waals surface area contributed by atoms with E-state index in [1.807, 2.05) is 30.3 Å². The Balaban J connectivity index is 1.55. The molecule has 1 amide bonds. The van der Waals surface area contributed by atoms with Gasteiger partial charge in [0, 0.05) is 18.8 Å². The topological polar surface area (TPSA) is 75.7 Å². The molecule has 0 aliphatic carbocycles. The fourth-order valence-electron chi connectivity index (χ4n) is 3.63. The van der Waals surface area contributed by atoms with Crippen LogP contribution in [0.25, 0.3) is 0 Å². The number of hydrogen-bond donors (Lipinski definition) is 1. The first-order valence-electron chi connectivity index (χ1n) is 10.0. The lowest BCUT2D eigenvalue weighted by atomic mass is 9.98. The summed E-state index contributed by atoms with van der Waals surface area (Å²) >= 11 is 6.11. The van der Waals surface area contributed by atoms with E-state index in [1.165, 1.54) is 11.4 Å². The van der Waals surface area contributed by atoms with E-state index >= 15 is 0 Å². The van der Waals surface area contributed by atoms with Gasteiger partial charge in [0.25, 0.3) is 0 Å². The summed E-state index contributed by atoms with van der Waals surface area (Å²) < 4.78 is 32.1. The number of carbonyl (C=O) groups excluding carboxylic acids is 1. The number of sulfonamides is 1. The number of rotatable bonds is 8. The SMILES string of the molecule is COc1ccc(NC(=O)[C@@H]2CCCN(S(=O)(=O)CCCc3ccccc3)C2)cc1Cl. The average Bonchev–Trinajstić information content (AvgIpc) is 2.74. The molecule has 6 nitrogen and oxygen atoms in total. The van der Waals surface area contributed by atoms with Gasteiger partial charge in [-0.1, -0.05) is 41.9 Å². The van der Waals surface area contributed by atoms with E-state index in [1.54, 1.807) is 18.2 Å². The first-order chi connectivity index (χ1) is 14.4. The number of hydrogen-bond acceptors (Lipinski definition) is 4. The summed E-state index contributed by atoms with van der Waals surface area (Å²) in [6, 6.07) is 14.9. The summed E-state index contributed by atoms with van der Waals surface area (Å²) in [4.78, 5) is 12.7. The van der Waals surface area contributed by atoms with Crippen molar-refractivity contribution in [3.8, 4) is 5.75 Å². The minimum Gasteiger partial charge on any atom is -0.495 e. The van der Waals surface area contributed by atoms with Gasteiger partial charge in [-0.15, -0.1) is 0 Å². The van der Waals surface area contributed by atoms with Crippen LogP contribution in [-0.2, 0) is 21.2 Å². The molecule has 0 spiro atoms. The molecule has 162 valence electrons. The molecule has 0 saturated carbocycles. The van der Waals surface area contributed by atoms with E-state index in [9.17, 15) is 13.2 Å². The van der Waals surface area contributed by atoms with Gasteiger partial charge in [-0.05, 0) is 49.4 Å². The summed E-state index contributed by atoms with van der Waals surface area (Å²) in [5, 5.41) is 3.24. The number of nitrogens with zero attached hydrogens (tertiary/aromatic N) is 1. The highest BCUT2D eigenvalue weighted by Crippen LogP contribution is 2.28. The standard InChI is InChI=1S/C22H27ClN2O4S/c1-29-21-12-11-19(15-20(21)23)24-22(26)18-10-5-13-25(16-18)30(27,28)14-6-9-17-7-3-2-4-8-17/h2-4,7-8,11-12,15,18H,5-6,9-10,13-14,16H2,1H3,(H,24,26)/t18-/m1/s1. The molecular formula is C22H27ClN2O4S. The number of nitrogens with one attached hydrogen (secondary N) is 1. The number of halogens is 1. The molecule has 0 bridgehead atoms. The molecule has 2 aromatic rings. The van der Waals surface area contributed by atoms with Crippen LogP contribution in [0.2, 0.25) is 5.02 Å². The second kappa shape index (κ2) is 10.3. The van der Waals surface area contributed by atoms with Crippen LogP contribution >= 0.6 is 11.6 Å². The Morgan fingerprint density at radius 2 is 2.00 bits per heavy atom. The number of aryl methyl sites for hydroxylation is 1. The molecule has 8 heteroatoms. The fourth-order valence-corrected chi connectivity index (χ4v) is 5.47. The zero-order valence-electron chi connectivity index (χ0n) is 17.0. The zero-order chi connectivity index (χ0) is 21.6. The number of ether oxygens (including phenoxy) is 1. The molecule has 2 aromatic carbocycles. The Kier molecular flexibility index (Phi) is 7.75. The third kappa shape index (κ3) is 5.97. The maximum atomic E-state index is 12.8. The summed E-state index contributed by atoms with van der Waals surface area (Å²) in [5.41, 5.74) is 1.69. The van der Waals surface area contributed by atoms with Gasteiger partial charge in [0.1, 0.15) is 5.75 Å². The van der Waals surface area contributed by atoms with Gasteiger partial charge in [0.15, 0.2) is 0 Å². The Morgan fingerprint density at radius 1 is 1.23 bits per heavy atom. The van der Waals surface area contributed by atoms with Crippen LogP contribution in [-0.4, -0.2) is 44.6 Å². The maximum Gasteiger partial charge on any atom is 0.228 e. The third-order valence-corrected chi connectivity index (χ3v) is 7.50. The van der Waals surface area contributed by atoms with Gasteiger partial charge in [-0.25, -0.2) is 12.7 Å². The van der Waals surface area contributed by atoms with Crippen LogP contribution in [0, 0.1) is 5.92 Å². The van der Waals surface area contributed by atoms with Crippen LogP contribution in [0.15, 0.2) is 48.5 Å². The number of piperidine rings is 1. The van der Waals surface area contributed by atoms with Crippen molar-refractivity contribution < 1.29 is 17.9 Å². The van der Waals surface area contributed by atoms with Crippen molar-refractivity contribution in [3.05, 3.63) is 59.1 Å². The molecule has 1 heterocycles. The molecule has 1 N–H and O–H groups in total. The van der Waals surface area contributed by atoms with E-state index in [4.69, 9.17) is 16.3 Å². The van der Waals surface area contributed by atoms with Gasteiger partial charge in [0.2, 0.25) is 15.9 Å². The molecule has 0 unspecified atom stereocenters. The van der Waals surface area contributed by atoms with Crippen molar-refractivity contribution in [2.24, 2.45) is 5.92 Å². The first-order valence-corrected chi connectivity index (χ1v) is 12.0. The van der Waals surface area contributed by atoms with Crippen LogP contribution in [0.1, 0.15) is 24.8 Å². The predicted octanol–water partition coefficient (Wildman–Crippen LogP) is 3.96. The van der Waals surface area contributed by atoms with Gasteiger partial charge < -0.3 is 10.1 Å². The van der Waals surface area contributed by atoms with Gasteiger partial charge in [-0.2, -0.15) is 0 Å². The number of anilines is 1. The Labute approximate surface area is 183 Å². The fraction of sp³-hybridized carbons (Fsp3) is 0.409. The summed E-state index contributed by atoms with van der Waals surface area (Å²) in [6.45, 7) is 0.676. The molecule has 3 rings (SSSR count). The van der Waals surface area contributed by atoms with Gasteiger partial charge in [0.05, 0.1) is 23.8 Å². The largest absolute Gasteiger partial charge is 0.495 e. The van der Waals surface area contributed by atoms with Crippen molar-refractivity contribution in [2.45, 2.75) is 25.7 Å². The molecule has 30 heavy (non-hydrogen) atoms. The van der Waals surface area contributed by atoms with Crippen molar-refractivity contribution in [1.29, 1.82) is 0 Å². The van der Waals surface area contributed by atoms with Crippen molar-refractivity contribution in [1.82, 2.24) is 4.31 Å². The lowest BCUT2D eigenvalue weighted by Gasteiger charge is -2.31. The van der Waals surface area contributed by atoms with Crippen molar-refractivity contribution >= 4 is 33.2 Å². The number of benzene rings is 2. The second-order valence-electron chi connectivity index (χ2n) is 7.44. The molecular weight excluding hydrogens is 424 g/mol. The Morgan fingerprint density at radius 3 is 2.70 bits per heavy atom. The van der Waals surface area contributed by atoms with Crippen LogP contribution in [0.4, 0.5) is 5.69 Å². The smallest absolute Gasteiger partial charge is 0.228 e. The number of methoxy groups -OCH3 is 1. The second-order valence-corrected chi connectivity index (χ2v) is 9.94. The van der Waals surface area contributed by atoms with E-state index in [0.717, 1.165) is 12.0 Å². The van der Waals surface area contributed by atoms with Crippen LogP contribution < -0.4 is 10.1 Å². The summed E-state index contributed by atoms with van der Waals surface area (Å²) in [6.07, 6.45) is 2.60. The quantitative estimate of drug-likeness (QED) is 0.660. The van der Waals surface area contributed by atoms with Gasteiger partial charge in [-0.3, -0.25) is 4.79 Å². The highest BCUT2D eigenvalue weighted by molar-refractivity contribution is 7.89. The Hall–Kier alpha value is -2.09. The highest BCUT2D eigenvalue weighted by atomic mass is 35.5.